The quantitative estimate of drug-likeness (QED) is 0.895. The summed E-state index contributed by atoms with van der Waals surface area (Å²) in [6.45, 7) is 3.46. The van der Waals surface area contributed by atoms with Gasteiger partial charge in [0.25, 0.3) is 0 Å². The van der Waals surface area contributed by atoms with Crippen LogP contribution in [0.15, 0.2) is 18.2 Å². The first-order valence-corrected chi connectivity index (χ1v) is 5.31. The summed E-state index contributed by atoms with van der Waals surface area (Å²) in [4.78, 5) is 11.6. The summed E-state index contributed by atoms with van der Waals surface area (Å²) in [7, 11) is 0. The number of hydrogen-bond acceptors (Lipinski definition) is 2. The van der Waals surface area contributed by atoms with Gasteiger partial charge in [-0.2, -0.15) is 0 Å². The van der Waals surface area contributed by atoms with E-state index in [1.807, 2.05) is 0 Å². The average Bonchev–Trinajstić information content (AvgIpc) is 2.22. The molecule has 0 bridgehead atoms. The maximum atomic E-state index is 13.1. The SMILES string of the molecule is CC(N)C(C)C(=O)Nc1ccc(Cl)c(F)c1.Cl. The monoisotopic (exact) mass is 280 g/mol. The zero-order valence-corrected chi connectivity index (χ0v) is 11.1. The topological polar surface area (TPSA) is 55.1 Å². The van der Waals surface area contributed by atoms with Crippen LogP contribution in [0.3, 0.4) is 0 Å². The molecule has 0 aliphatic rings. The van der Waals surface area contributed by atoms with Crippen molar-refractivity contribution in [1.29, 1.82) is 0 Å². The van der Waals surface area contributed by atoms with Crippen LogP contribution in [0.2, 0.25) is 5.02 Å². The average molecular weight is 281 g/mol. The Hall–Kier alpha value is -0.840. The number of anilines is 1. The molecule has 0 spiro atoms. The van der Waals surface area contributed by atoms with Gasteiger partial charge in [-0.1, -0.05) is 18.5 Å². The summed E-state index contributed by atoms with van der Waals surface area (Å²) in [5, 5.41) is 2.60. The molecule has 1 amide bonds. The molecule has 1 aromatic carbocycles. The van der Waals surface area contributed by atoms with Gasteiger partial charge in [0.2, 0.25) is 5.91 Å². The number of carbonyl (C=O) groups is 1. The molecule has 1 rings (SSSR count). The van der Waals surface area contributed by atoms with E-state index in [4.69, 9.17) is 17.3 Å². The second kappa shape index (κ2) is 6.79. The molecule has 17 heavy (non-hydrogen) atoms. The highest BCUT2D eigenvalue weighted by atomic mass is 35.5. The number of nitrogens with two attached hydrogens (primary N) is 1. The Morgan fingerprint density at radius 2 is 2.06 bits per heavy atom. The molecule has 0 fully saturated rings. The molecule has 2 unspecified atom stereocenters. The van der Waals surface area contributed by atoms with Crippen molar-refractivity contribution in [2.45, 2.75) is 19.9 Å². The molecule has 0 aliphatic heterocycles. The zero-order chi connectivity index (χ0) is 12.3. The van der Waals surface area contributed by atoms with Gasteiger partial charge >= 0.3 is 0 Å². The molecular formula is C11H15Cl2FN2O. The minimum absolute atomic E-state index is 0. The van der Waals surface area contributed by atoms with Crippen molar-refractivity contribution >= 4 is 35.6 Å². The van der Waals surface area contributed by atoms with Gasteiger partial charge in [-0.15, -0.1) is 12.4 Å². The van der Waals surface area contributed by atoms with Gasteiger partial charge in [-0.3, -0.25) is 4.79 Å². The molecule has 6 heteroatoms. The maximum Gasteiger partial charge on any atom is 0.228 e. The molecule has 1 aromatic rings. The molecule has 0 aliphatic carbocycles. The van der Waals surface area contributed by atoms with Crippen molar-refractivity contribution < 1.29 is 9.18 Å². The Balaban J connectivity index is 0.00000256. The lowest BCUT2D eigenvalue weighted by Gasteiger charge is -2.15. The molecule has 2 atom stereocenters. The van der Waals surface area contributed by atoms with Crippen LogP contribution in [0, 0.1) is 11.7 Å². The van der Waals surface area contributed by atoms with E-state index in [0.717, 1.165) is 0 Å². The molecule has 0 saturated heterocycles. The van der Waals surface area contributed by atoms with E-state index in [1.54, 1.807) is 13.8 Å². The number of amides is 1. The summed E-state index contributed by atoms with van der Waals surface area (Å²) < 4.78 is 13.1. The Bertz CT molecular complexity index is 399. The van der Waals surface area contributed by atoms with Gasteiger partial charge in [-0.05, 0) is 25.1 Å². The van der Waals surface area contributed by atoms with Crippen LogP contribution < -0.4 is 11.1 Å². The summed E-state index contributed by atoms with van der Waals surface area (Å²) >= 11 is 5.52. The number of hydrogen-bond donors (Lipinski definition) is 2. The van der Waals surface area contributed by atoms with Crippen LogP contribution in [0.5, 0.6) is 0 Å². The number of rotatable bonds is 3. The largest absolute Gasteiger partial charge is 0.327 e. The van der Waals surface area contributed by atoms with Crippen LogP contribution in [0.1, 0.15) is 13.8 Å². The first-order valence-electron chi connectivity index (χ1n) is 4.93. The highest BCUT2D eigenvalue weighted by Crippen LogP contribution is 2.19. The van der Waals surface area contributed by atoms with E-state index < -0.39 is 5.82 Å². The fourth-order valence-corrected chi connectivity index (χ4v) is 1.19. The molecule has 96 valence electrons. The summed E-state index contributed by atoms with van der Waals surface area (Å²) in [6.07, 6.45) is 0. The highest BCUT2D eigenvalue weighted by molar-refractivity contribution is 6.30. The molecule has 0 saturated carbocycles. The van der Waals surface area contributed by atoms with Crippen LogP contribution in [-0.4, -0.2) is 11.9 Å². The van der Waals surface area contributed by atoms with Crippen LogP contribution >= 0.6 is 24.0 Å². The molecule has 0 radical (unpaired) electrons. The standard InChI is InChI=1S/C11H14ClFN2O.ClH/c1-6(7(2)14)11(16)15-8-3-4-9(12)10(13)5-8;/h3-7H,14H2,1-2H3,(H,15,16);1H. The zero-order valence-electron chi connectivity index (χ0n) is 9.54. The second-order valence-electron chi connectivity index (χ2n) is 3.77. The molecule has 0 aromatic heterocycles. The minimum atomic E-state index is -0.562. The van der Waals surface area contributed by atoms with Crippen LogP contribution in [-0.2, 0) is 4.79 Å². The lowest BCUT2D eigenvalue weighted by Crippen LogP contribution is -2.34. The van der Waals surface area contributed by atoms with E-state index in [0.29, 0.717) is 5.69 Å². The summed E-state index contributed by atoms with van der Waals surface area (Å²) in [5.41, 5.74) is 5.96. The van der Waals surface area contributed by atoms with Crippen molar-refractivity contribution in [3.8, 4) is 0 Å². The van der Waals surface area contributed by atoms with E-state index >= 15 is 0 Å². The fraction of sp³-hybridized carbons (Fsp3) is 0.364. The number of carbonyl (C=O) groups excluding carboxylic acids is 1. The number of halogens is 3. The van der Waals surface area contributed by atoms with Crippen molar-refractivity contribution in [3.63, 3.8) is 0 Å². The van der Waals surface area contributed by atoms with Crippen LogP contribution in [0.25, 0.3) is 0 Å². The van der Waals surface area contributed by atoms with Gasteiger partial charge in [0.05, 0.1) is 10.9 Å². The first kappa shape index (κ1) is 16.2. The minimum Gasteiger partial charge on any atom is -0.327 e. The van der Waals surface area contributed by atoms with E-state index in [-0.39, 0.29) is 35.3 Å². The van der Waals surface area contributed by atoms with Crippen molar-refractivity contribution in [3.05, 3.63) is 29.0 Å². The van der Waals surface area contributed by atoms with Gasteiger partial charge in [-0.25, -0.2) is 4.39 Å². The van der Waals surface area contributed by atoms with Crippen molar-refractivity contribution in [1.82, 2.24) is 0 Å². The van der Waals surface area contributed by atoms with E-state index in [2.05, 4.69) is 5.32 Å². The summed E-state index contributed by atoms with van der Waals surface area (Å²) in [6, 6.07) is 3.85. The Kier molecular flexibility index (Phi) is 6.45. The van der Waals surface area contributed by atoms with Gasteiger partial charge in [0.15, 0.2) is 0 Å². The maximum absolute atomic E-state index is 13.1. The van der Waals surface area contributed by atoms with Gasteiger partial charge in [0.1, 0.15) is 5.82 Å². The lowest BCUT2D eigenvalue weighted by molar-refractivity contribution is -0.119. The third-order valence-electron chi connectivity index (χ3n) is 2.39. The number of nitrogens with one attached hydrogen (secondary N) is 1. The van der Waals surface area contributed by atoms with Crippen molar-refractivity contribution in [2.24, 2.45) is 11.7 Å². The number of benzene rings is 1. The Morgan fingerprint density at radius 3 is 2.53 bits per heavy atom. The highest BCUT2D eigenvalue weighted by Gasteiger charge is 2.17. The fourth-order valence-electron chi connectivity index (χ4n) is 1.07. The van der Waals surface area contributed by atoms with Crippen molar-refractivity contribution in [2.75, 3.05) is 5.32 Å². The molecule has 0 heterocycles. The first-order chi connectivity index (χ1) is 7.41. The predicted octanol–water partition coefficient (Wildman–Crippen LogP) is 2.82. The predicted molar refractivity (Wildman–Crippen MR) is 70.1 cm³/mol. The second-order valence-corrected chi connectivity index (χ2v) is 4.17. The van der Waals surface area contributed by atoms with Crippen LogP contribution in [0.4, 0.5) is 10.1 Å². The van der Waals surface area contributed by atoms with Gasteiger partial charge in [0, 0.05) is 11.7 Å². The van der Waals surface area contributed by atoms with E-state index in [1.165, 1.54) is 18.2 Å². The molecular weight excluding hydrogens is 266 g/mol. The van der Waals surface area contributed by atoms with Gasteiger partial charge < -0.3 is 11.1 Å². The molecule has 3 nitrogen and oxygen atoms in total. The Morgan fingerprint density at radius 1 is 1.47 bits per heavy atom. The smallest absolute Gasteiger partial charge is 0.228 e. The normalized spacial score (nSPS) is 13.5. The Labute approximate surface area is 111 Å². The third kappa shape index (κ3) is 4.50. The third-order valence-corrected chi connectivity index (χ3v) is 2.70. The van der Waals surface area contributed by atoms with E-state index in [9.17, 15) is 9.18 Å². The molecule has 3 N–H and O–H groups in total. The lowest BCUT2D eigenvalue weighted by atomic mass is 10.0. The summed E-state index contributed by atoms with van der Waals surface area (Å²) in [5.74, 6) is -1.14.